The van der Waals surface area contributed by atoms with Crippen molar-refractivity contribution >= 4 is 17.7 Å². The summed E-state index contributed by atoms with van der Waals surface area (Å²) in [6.45, 7) is 12.0. The first kappa shape index (κ1) is 27.7. The van der Waals surface area contributed by atoms with E-state index in [9.17, 15) is 14.4 Å². The number of rotatable bonds is 12. The van der Waals surface area contributed by atoms with E-state index in [0.29, 0.717) is 26.1 Å². The lowest BCUT2D eigenvalue weighted by molar-refractivity contribution is -0.145. The van der Waals surface area contributed by atoms with E-state index in [4.69, 9.17) is 0 Å². The first-order chi connectivity index (χ1) is 15.8. The molecule has 0 spiro atoms. The zero-order chi connectivity index (χ0) is 24.4. The Balaban J connectivity index is 1.94. The molecule has 2 rings (SSSR count). The lowest BCUT2D eigenvalue weighted by atomic mass is 9.94. The Morgan fingerprint density at radius 3 is 2.30 bits per heavy atom. The molecular formula is C27H49N3O3. The van der Waals surface area contributed by atoms with Gasteiger partial charge in [0.15, 0.2) is 0 Å². The molecule has 1 saturated carbocycles. The maximum absolute atomic E-state index is 13.5. The Kier molecular flexibility index (Phi) is 11.7. The molecule has 4 unspecified atom stereocenters. The molecule has 2 fully saturated rings. The lowest BCUT2D eigenvalue weighted by Crippen LogP contribution is -2.60. The second-order valence-corrected chi connectivity index (χ2v) is 10.5. The van der Waals surface area contributed by atoms with Gasteiger partial charge in [0, 0.05) is 38.0 Å². The van der Waals surface area contributed by atoms with Gasteiger partial charge < -0.3 is 15.1 Å². The van der Waals surface area contributed by atoms with Gasteiger partial charge in [-0.25, -0.2) is 0 Å². The van der Waals surface area contributed by atoms with Crippen molar-refractivity contribution in [3.05, 3.63) is 0 Å². The summed E-state index contributed by atoms with van der Waals surface area (Å²) in [5.74, 6) is 1.02. The van der Waals surface area contributed by atoms with Crippen LogP contribution in [0.5, 0.6) is 0 Å². The second kappa shape index (κ2) is 14.0. The van der Waals surface area contributed by atoms with Crippen molar-refractivity contribution < 1.29 is 14.4 Å². The van der Waals surface area contributed by atoms with E-state index in [0.717, 1.165) is 44.4 Å². The number of amides is 3. The van der Waals surface area contributed by atoms with Gasteiger partial charge in [-0.2, -0.15) is 0 Å². The summed E-state index contributed by atoms with van der Waals surface area (Å²) in [6, 6.07) is -0.477. The van der Waals surface area contributed by atoms with Crippen LogP contribution >= 0.6 is 0 Å². The number of hydrogen-bond acceptors (Lipinski definition) is 3. The largest absolute Gasteiger partial charge is 0.344 e. The van der Waals surface area contributed by atoms with Crippen LogP contribution in [0.4, 0.5) is 0 Å². The molecule has 4 atom stereocenters. The van der Waals surface area contributed by atoms with Gasteiger partial charge in [0.05, 0.1) is 0 Å². The lowest BCUT2D eigenvalue weighted by Gasteiger charge is -2.42. The number of carbonyl (C=O) groups excluding carboxylic acids is 3. The molecule has 1 saturated heterocycles. The smallest absolute Gasteiger partial charge is 0.245 e. The summed E-state index contributed by atoms with van der Waals surface area (Å²) in [5, 5.41) is 3.11. The van der Waals surface area contributed by atoms with Crippen molar-refractivity contribution in [2.75, 3.05) is 19.6 Å². The molecule has 0 aromatic carbocycles. The molecular weight excluding hydrogens is 414 g/mol. The predicted octanol–water partition coefficient (Wildman–Crippen LogP) is 4.76. The number of carbonyl (C=O) groups is 3. The van der Waals surface area contributed by atoms with Crippen molar-refractivity contribution in [2.24, 2.45) is 17.8 Å². The van der Waals surface area contributed by atoms with Gasteiger partial charge >= 0.3 is 0 Å². The van der Waals surface area contributed by atoms with Crippen LogP contribution in [0, 0.1) is 17.8 Å². The fourth-order valence-electron chi connectivity index (χ4n) is 5.42. The van der Waals surface area contributed by atoms with Crippen molar-refractivity contribution in [3.8, 4) is 0 Å². The third-order valence-electron chi connectivity index (χ3n) is 8.05. The molecule has 3 amide bonds. The highest BCUT2D eigenvalue weighted by Crippen LogP contribution is 2.29. The molecule has 33 heavy (non-hydrogen) atoms. The first-order valence-corrected chi connectivity index (χ1v) is 13.7. The van der Waals surface area contributed by atoms with Crippen molar-refractivity contribution in [1.82, 2.24) is 15.1 Å². The molecule has 190 valence electrons. The normalized spacial score (nSPS) is 22.2. The van der Waals surface area contributed by atoms with Crippen LogP contribution in [-0.2, 0) is 14.4 Å². The van der Waals surface area contributed by atoms with Crippen LogP contribution in [0.1, 0.15) is 105 Å². The zero-order valence-electron chi connectivity index (χ0n) is 21.9. The maximum Gasteiger partial charge on any atom is 0.245 e. The fraction of sp³-hybridized carbons (Fsp3) is 0.889. The van der Waals surface area contributed by atoms with Gasteiger partial charge in [0.25, 0.3) is 0 Å². The van der Waals surface area contributed by atoms with Crippen LogP contribution in [0.2, 0.25) is 0 Å². The summed E-state index contributed by atoms with van der Waals surface area (Å²) in [6.07, 6.45) is 11.4. The number of hydrogen-bond donors (Lipinski definition) is 1. The number of nitrogens with zero attached hydrogens (tertiary/aromatic N) is 2. The Morgan fingerprint density at radius 1 is 1.03 bits per heavy atom. The Labute approximate surface area is 202 Å². The average molecular weight is 464 g/mol. The SMILES string of the molecule is CCCCC(CC)C(=O)NC(C(=O)N1CCN(C(=O)CCC2CCCC2)C(C)C1)C(C)CC. The first-order valence-electron chi connectivity index (χ1n) is 13.7. The minimum Gasteiger partial charge on any atom is -0.344 e. The van der Waals surface area contributed by atoms with E-state index in [-0.39, 0.29) is 35.6 Å². The number of unbranched alkanes of at least 4 members (excludes halogenated alkanes) is 1. The van der Waals surface area contributed by atoms with E-state index in [1.165, 1.54) is 25.7 Å². The molecule has 1 aliphatic carbocycles. The maximum atomic E-state index is 13.5. The highest BCUT2D eigenvalue weighted by atomic mass is 16.2. The van der Waals surface area contributed by atoms with Crippen LogP contribution in [-0.4, -0.2) is 59.2 Å². The predicted molar refractivity (Wildman–Crippen MR) is 134 cm³/mol. The molecule has 2 aliphatic rings. The molecule has 1 N–H and O–H groups in total. The number of nitrogens with one attached hydrogen (secondary N) is 1. The summed E-state index contributed by atoms with van der Waals surface area (Å²) < 4.78 is 0. The van der Waals surface area contributed by atoms with E-state index in [2.05, 4.69) is 19.2 Å². The van der Waals surface area contributed by atoms with Crippen LogP contribution in [0.3, 0.4) is 0 Å². The molecule has 1 heterocycles. The second-order valence-electron chi connectivity index (χ2n) is 10.5. The molecule has 1 aliphatic heterocycles. The van der Waals surface area contributed by atoms with Crippen molar-refractivity contribution in [1.29, 1.82) is 0 Å². The Bertz CT molecular complexity index is 632. The summed E-state index contributed by atoms with van der Waals surface area (Å²) in [5.41, 5.74) is 0. The molecule has 6 heteroatoms. The highest BCUT2D eigenvalue weighted by Gasteiger charge is 2.36. The van der Waals surface area contributed by atoms with Gasteiger partial charge in [-0.3, -0.25) is 14.4 Å². The van der Waals surface area contributed by atoms with Gasteiger partial charge in [-0.05, 0) is 38.0 Å². The Hall–Kier alpha value is -1.59. The van der Waals surface area contributed by atoms with Gasteiger partial charge in [0.2, 0.25) is 17.7 Å². The van der Waals surface area contributed by atoms with Gasteiger partial charge in [-0.1, -0.05) is 72.6 Å². The minimum absolute atomic E-state index is 0.00736. The third-order valence-corrected chi connectivity index (χ3v) is 8.05. The molecule has 0 aromatic rings. The van der Waals surface area contributed by atoms with E-state index in [1.807, 2.05) is 30.6 Å². The van der Waals surface area contributed by atoms with E-state index in [1.54, 1.807) is 0 Å². The van der Waals surface area contributed by atoms with E-state index >= 15 is 0 Å². The molecule has 6 nitrogen and oxygen atoms in total. The van der Waals surface area contributed by atoms with Gasteiger partial charge in [0.1, 0.15) is 6.04 Å². The monoisotopic (exact) mass is 463 g/mol. The molecule has 0 radical (unpaired) electrons. The molecule has 0 bridgehead atoms. The van der Waals surface area contributed by atoms with Crippen molar-refractivity contribution in [2.45, 2.75) is 117 Å². The summed E-state index contributed by atoms with van der Waals surface area (Å²) >= 11 is 0. The van der Waals surface area contributed by atoms with Crippen LogP contribution in [0.15, 0.2) is 0 Å². The Morgan fingerprint density at radius 2 is 1.73 bits per heavy atom. The topological polar surface area (TPSA) is 69.7 Å². The fourth-order valence-corrected chi connectivity index (χ4v) is 5.42. The highest BCUT2D eigenvalue weighted by molar-refractivity contribution is 5.89. The summed E-state index contributed by atoms with van der Waals surface area (Å²) in [4.78, 5) is 43.1. The molecule has 0 aromatic heterocycles. The summed E-state index contributed by atoms with van der Waals surface area (Å²) in [7, 11) is 0. The number of piperazine rings is 1. The van der Waals surface area contributed by atoms with Gasteiger partial charge in [-0.15, -0.1) is 0 Å². The average Bonchev–Trinajstić information content (AvgIpc) is 3.34. The van der Waals surface area contributed by atoms with Crippen molar-refractivity contribution in [3.63, 3.8) is 0 Å². The minimum atomic E-state index is -0.491. The third kappa shape index (κ3) is 7.99. The van der Waals surface area contributed by atoms with Crippen LogP contribution in [0.25, 0.3) is 0 Å². The quantitative estimate of drug-likeness (QED) is 0.453. The van der Waals surface area contributed by atoms with E-state index < -0.39 is 6.04 Å². The standard InChI is InChI=1S/C27H49N3O3/c1-6-9-14-23(8-3)26(32)28-25(20(4)7-2)27(33)29-17-18-30(21(5)19-29)24(31)16-15-22-12-10-11-13-22/h20-23,25H,6-19H2,1-5H3,(H,28,32). The zero-order valence-corrected chi connectivity index (χ0v) is 21.9. The van der Waals surface area contributed by atoms with Crippen LogP contribution < -0.4 is 5.32 Å².